The standard InChI is InChI=1S/C21H25N3O2S/c1-15-20(16(2)23(3)22-15)11-12-21(25)24(14-19-6-5-13-27-19)17-7-9-18(26-4)10-8-17/h5-10,13H,11-12,14H2,1-4H3. The Morgan fingerprint density at radius 3 is 2.52 bits per heavy atom. The Bertz CT molecular complexity index is 898. The second-order valence-electron chi connectivity index (χ2n) is 6.53. The number of hydrogen-bond donors (Lipinski definition) is 0. The van der Waals surface area contributed by atoms with Gasteiger partial charge in [-0.05, 0) is 61.5 Å². The van der Waals surface area contributed by atoms with Crippen LogP contribution >= 0.6 is 11.3 Å². The zero-order chi connectivity index (χ0) is 19.4. The molecular weight excluding hydrogens is 358 g/mol. The Hall–Kier alpha value is -2.60. The minimum absolute atomic E-state index is 0.108. The van der Waals surface area contributed by atoms with Crippen molar-refractivity contribution in [2.45, 2.75) is 33.2 Å². The normalized spacial score (nSPS) is 10.8. The number of amides is 1. The predicted octanol–water partition coefficient (Wildman–Crippen LogP) is 4.27. The van der Waals surface area contributed by atoms with Crippen LogP contribution in [0.25, 0.3) is 0 Å². The van der Waals surface area contributed by atoms with Crippen LogP contribution in [-0.2, 0) is 24.8 Å². The predicted molar refractivity (Wildman–Crippen MR) is 110 cm³/mol. The number of carbonyl (C=O) groups excluding carboxylic acids is 1. The van der Waals surface area contributed by atoms with E-state index in [0.29, 0.717) is 19.4 Å². The minimum Gasteiger partial charge on any atom is -0.497 e. The van der Waals surface area contributed by atoms with Gasteiger partial charge in [0.15, 0.2) is 0 Å². The zero-order valence-corrected chi connectivity index (χ0v) is 17.0. The fourth-order valence-corrected chi connectivity index (χ4v) is 3.88. The Labute approximate surface area is 164 Å². The molecule has 3 rings (SSSR count). The maximum absolute atomic E-state index is 13.1. The summed E-state index contributed by atoms with van der Waals surface area (Å²) in [7, 11) is 3.58. The first-order valence-corrected chi connectivity index (χ1v) is 9.83. The highest BCUT2D eigenvalue weighted by molar-refractivity contribution is 7.09. The topological polar surface area (TPSA) is 47.4 Å². The fraction of sp³-hybridized carbons (Fsp3) is 0.333. The zero-order valence-electron chi connectivity index (χ0n) is 16.2. The molecule has 0 aliphatic heterocycles. The molecule has 2 heterocycles. The minimum atomic E-state index is 0.108. The van der Waals surface area contributed by atoms with E-state index in [9.17, 15) is 4.79 Å². The molecule has 27 heavy (non-hydrogen) atoms. The van der Waals surface area contributed by atoms with Crippen molar-refractivity contribution in [3.05, 3.63) is 63.6 Å². The van der Waals surface area contributed by atoms with Crippen molar-refractivity contribution in [1.82, 2.24) is 9.78 Å². The average Bonchev–Trinajstić information content (AvgIpc) is 3.27. The monoisotopic (exact) mass is 383 g/mol. The summed E-state index contributed by atoms with van der Waals surface area (Å²) in [4.78, 5) is 16.1. The lowest BCUT2D eigenvalue weighted by atomic mass is 10.1. The molecule has 0 aliphatic carbocycles. The summed E-state index contributed by atoms with van der Waals surface area (Å²) >= 11 is 1.66. The number of anilines is 1. The Morgan fingerprint density at radius 2 is 1.96 bits per heavy atom. The second kappa shape index (κ2) is 8.39. The summed E-state index contributed by atoms with van der Waals surface area (Å²) in [5.41, 5.74) is 4.16. The largest absolute Gasteiger partial charge is 0.497 e. The third-order valence-electron chi connectivity index (χ3n) is 4.83. The quantitative estimate of drug-likeness (QED) is 0.612. The Kier molecular flexibility index (Phi) is 5.96. The van der Waals surface area contributed by atoms with Crippen LogP contribution in [0.2, 0.25) is 0 Å². The van der Waals surface area contributed by atoms with Crippen molar-refractivity contribution >= 4 is 22.9 Å². The van der Waals surface area contributed by atoms with Crippen molar-refractivity contribution in [1.29, 1.82) is 0 Å². The molecule has 2 aromatic heterocycles. The molecular formula is C21H25N3O2S. The molecule has 0 aliphatic rings. The summed E-state index contributed by atoms with van der Waals surface area (Å²) in [6.07, 6.45) is 1.15. The molecule has 5 nitrogen and oxygen atoms in total. The number of rotatable bonds is 7. The van der Waals surface area contributed by atoms with Gasteiger partial charge in [0.2, 0.25) is 5.91 Å². The molecule has 0 bridgehead atoms. The van der Waals surface area contributed by atoms with Gasteiger partial charge in [-0.15, -0.1) is 11.3 Å². The highest BCUT2D eigenvalue weighted by atomic mass is 32.1. The molecule has 0 saturated carbocycles. The number of benzene rings is 1. The van der Waals surface area contributed by atoms with Gasteiger partial charge in [-0.25, -0.2) is 0 Å². The molecule has 1 amide bonds. The first-order chi connectivity index (χ1) is 13.0. The van der Waals surface area contributed by atoms with Crippen LogP contribution in [0.3, 0.4) is 0 Å². The summed E-state index contributed by atoms with van der Waals surface area (Å²) < 4.78 is 7.12. The van der Waals surface area contributed by atoms with Gasteiger partial charge in [-0.1, -0.05) is 6.07 Å². The fourth-order valence-electron chi connectivity index (χ4n) is 3.19. The Balaban J connectivity index is 1.79. The average molecular weight is 384 g/mol. The van der Waals surface area contributed by atoms with Crippen molar-refractivity contribution < 1.29 is 9.53 Å². The maximum atomic E-state index is 13.1. The third-order valence-corrected chi connectivity index (χ3v) is 5.69. The molecule has 0 saturated heterocycles. The number of carbonyl (C=O) groups is 1. The van der Waals surface area contributed by atoms with Gasteiger partial charge < -0.3 is 9.64 Å². The molecule has 0 radical (unpaired) electrons. The van der Waals surface area contributed by atoms with Gasteiger partial charge in [-0.3, -0.25) is 9.48 Å². The molecule has 0 N–H and O–H groups in total. The SMILES string of the molecule is COc1ccc(N(Cc2cccs2)C(=O)CCc2c(C)nn(C)c2C)cc1. The molecule has 142 valence electrons. The third kappa shape index (κ3) is 4.39. The number of hydrogen-bond acceptors (Lipinski definition) is 4. The highest BCUT2D eigenvalue weighted by Gasteiger charge is 2.19. The summed E-state index contributed by atoms with van der Waals surface area (Å²) in [5, 5.41) is 6.49. The van der Waals surface area contributed by atoms with E-state index in [2.05, 4.69) is 11.2 Å². The summed E-state index contributed by atoms with van der Waals surface area (Å²) in [5.74, 6) is 0.889. The van der Waals surface area contributed by atoms with Gasteiger partial charge in [0.05, 0.1) is 19.3 Å². The molecule has 0 spiro atoms. The maximum Gasteiger partial charge on any atom is 0.227 e. The molecule has 0 fully saturated rings. The number of aryl methyl sites for hydroxylation is 2. The van der Waals surface area contributed by atoms with Crippen molar-refractivity contribution in [2.75, 3.05) is 12.0 Å². The lowest BCUT2D eigenvalue weighted by molar-refractivity contribution is -0.118. The summed E-state index contributed by atoms with van der Waals surface area (Å²) in [6.45, 7) is 4.63. The van der Waals surface area contributed by atoms with Gasteiger partial charge in [0.25, 0.3) is 0 Å². The van der Waals surface area contributed by atoms with Crippen molar-refractivity contribution in [3.63, 3.8) is 0 Å². The second-order valence-corrected chi connectivity index (χ2v) is 7.56. The van der Waals surface area contributed by atoms with Crippen LogP contribution in [0.5, 0.6) is 5.75 Å². The number of ether oxygens (including phenoxy) is 1. The van der Waals surface area contributed by atoms with Crippen LogP contribution in [0.1, 0.15) is 28.2 Å². The number of nitrogens with zero attached hydrogens (tertiary/aromatic N) is 3. The van der Waals surface area contributed by atoms with Gasteiger partial charge in [0, 0.05) is 29.7 Å². The van der Waals surface area contributed by atoms with Crippen LogP contribution < -0.4 is 9.64 Å². The van der Waals surface area contributed by atoms with E-state index < -0.39 is 0 Å². The number of thiophene rings is 1. The number of aromatic nitrogens is 2. The molecule has 6 heteroatoms. The van der Waals surface area contributed by atoms with Gasteiger partial charge in [-0.2, -0.15) is 5.10 Å². The van der Waals surface area contributed by atoms with E-state index in [1.54, 1.807) is 18.4 Å². The highest BCUT2D eigenvalue weighted by Crippen LogP contribution is 2.24. The van der Waals surface area contributed by atoms with E-state index in [1.807, 2.05) is 66.2 Å². The molecule has 3 aromatic rings. The van der Waals surface area contributed by atoms with Gasteiger partial charge in [0.1, 0.15) is 5.75 Å². The van der Waals surface area contributed by atoms with Crippen molar-refractivity contribution in [2.24, 2.45) is 7.05 Å². The first kappa shape index (κ1) is 19.2. The first-order valence-electron chi connectivity index (χ1n) is 8.95. The van der Waals surface area contributed by atoms with E-state index in [1.165, 1.54) is 0 Å². The molecule has 1 aromatic carbocycles. The van der Waals surface area contributed by atoms with Crippen LogP contribution in [-0.4, -0.2) is 22.8 Å². The molecule has 0 atom stereocenters. The van der Waals surface area contributed by atoms with E-state index in [0.717, 1.165) is 33.3 Å². The van der Waals surface area contributed by atoms with Crippen LogP contribution in [0.4, 0.5) is 5.69 Å². The van der Waals surface area contributed by atoms with Crippen LogP contribution in [0.15, 0.2) is 41.8 Å². The summed E-state index contributed by atoms with van der Waals surface area (Å²) in [6, 6.07) is 11.7. The lowest BCUT2D eigenvalue weighted by Gasteiger charge is -2.23. The lowest BCUT2D eigenvalue weighted by Crippen LogP contribution is -2.30. The molecule has 0 unspecified atom stereocenters. The van der Waals surface area contributed by atoms with E-state index in [-0.39, 0.29) is 5.91 Å². The van der Waals surface area contributed by atoms with Crippen LogP contribution in [0, 0.1) is 13.8 Å². The number of methoxy groups -OCH3 is 1. The van der Waals surface area contributed by atoms with E-state index in [4.69, 9.17) is 4.74 Å². The van der Waals surface area contributed by atoms with Crippen molar-refractivity contribution in [3.8, 4) is 5.75 Å². The van der Waals surface area contributed by atoms with E-state index >= 15 is 0 Å². The smallest absolute Gasteiger partial charge is 0.227 e. The van der Waals surface area contributed by atoms with Gasteiger partial charge >= 0.3 is 0 Å². The Morgan fingerprint density at radius 1 is 1.22 bits per heavy atom.